The fourth-order valence-corrected chi connectivity index (χ4v) is 2.72. The van der Waals surface area contributed by atoms with Gasteiger partial charge in [-0.05, 0) is 38.4 Å². The molecular weight excluding hydrogens is 278 g/mol. The van der Waals surface area contributed by atoms with Crippen LogP contribution in [0.3, 0.4) is 0 Å². The van der Waals surface area contributed by atoms with E-state index in [0.29, 0.717) is 6.54 Å². The molecule has 122 valence electrons. The highest BCUT2D eigenvalue weighted by molar-refractivity contribution is 5.73. The molecule has 1 unspecified atom stereocenters. The summed E-state index contributed by atoms with van der Waals surface area (Å²) in [6, 6.07) is 9.14. The number of nitrogens with one attached hydrogen (secondary N) is 2. The smallest absolute Gasteiger partial charge is 0.314 e. The number of carbonyl (C=O) groups is 1. The van der Waals surface area contributed by atoms with E-state index in [2.05, 4.69) is 15.5 Å². The van der Waals surface area contributed by atoms with Gasteiger partial charge < -0.3 is 20.6 Å². The minimum Gasteiger partial charge on any atom is -0.384 e. The van der Waals surface area contributed by atoms with Crippen molar-refractivity contribution >= 4 is 6.03 Å². The Kier molecular flexibility index (Phi) is 6.21. The molecule has 5 nitrogen and oxygen atoms in total. The summed E-state index contributed by atoms with van der Waals surface area (Å²) in [5.41, 5.74) is -0.269. The maximum Gasteiger partial charge on any atom is 0.314 e. The van der Waals surface area contributed by atoms with Gasteiger partial charge in [0.25, 0.3) is 0 Å². The lowest BCUT2D eigenvalue weighted by Crippen LogP contribution is -2.45. The van der Waals surface area contributed by atoms with Crippen molar-refractivity contribution in [3.05, 3.63) is 35.9 Å². The van der Waals surface area contributed by atoms with Crippen molar-refractivity contribution in [2.75, 3.05) is 32.7 Å². The van der Waals surface area contributed by atoms with Crippen LogP contribution in [0.5, 0.6) is 0 Å². The first-order valence-corrected chi connectivity index (χ1v) is 8.10. The van der Waals surface area contributed by atoms with Crippen molar-refractivity contribution in [3.63, 3.8) is 0 Å². The molecule has 0 bridgehead atoms. The molecule has 2 amide bonds. The number of amides is 2. The molecule has 1 atom stereocenters. The van der Waals surface area contributed by atoms with Gasteiger partial charge in [-0.25, -0.2) is 4.79 Å². The number of piperidine rings is 1. The Labute approximate surface area is 132 Å². The van der Waals surface area contributed by atoms with Gasteiger partial charge >= 0.3 is 6.03 Å². The van der Waals surface area contributed by atoms with Crippen molar-refractivity contribution in [1.82, 2.24) is 15.5 Å². The van der Waals surface area contributed by atoms with Gasteiger partial charge in [-0.3, -0.25) is 0 Å². The van der Waals surface area contributed by atoms with E-state index in [1.165, 1.54) is 19.3 Å². The molecule has 1 aromatic rings. The Morgan fingerprint density at radius 1 is 1.18 bits per heavy atom. The molecule has 1 aliphatic heterocycles. The standard InChI is InChI=1S/C17H27N3O2/c1-17(22,15-8-4-2-5-9-15)14-19-16(21)18-10-13-20-11-6-3-7-12-20/h2,4-5,8-9,22H,3,6-7,10-14H2,1H3,(H2,18,19,21). The number of urea groups is 1. The Bertz CT molecular complexity index is 456. The van der Waals surface area contributed by atoms with E-state index in [9.17, 15) is 9.90 Å². The summed E-state index contributed by atoms with van der Waals surface area (Å²) < 4.78 is 0. The van der Waals surface area contributed by atoms with E-state index in [0.717, 1.165) is 25.2 Å². The molecule has 22 heavy (non-hydrogen) atoms. The Balaban J connectivity index is 1.66. The van der Waals surface area contributed by atoms with Crippen LogP contribution in [0.4, 0.5) is 4.79 Å². The SMILES string of the molecule is CC(O)(CNC(=O)NCCN1CCCCC1)c1ccccc1. The summed E-state index contributed by atoms with van der Waals surface area (Å²) in [7, 11) is 0. The molecule has 1 saturated heterocycles. The summed E-state index contributed by atoms with van der Waals surface area (Å²) in [5.74, 6) is 0. The monoisotopic (exact) mass is 305 g/mol. The first-order chi connectivity index (χ1) is 10.6. The molecule has 1 heterocycles. The highest BCUT2D eigenvalue weighted by atomic mass is 16.3. The van der Waals surface area contributed by atoms with Crippen LogP contribution in [-0.4, -0.2) is 48.8 Å². The topological polar surface area (TPSA) is 64.6 Å². The quantitative estimate of drug-likeness (QED) is 0.749. The van der Waals surface area contributed by atoms with E-state index in [-0.39, 0.29) is 12.6 Å². The van der Waals surface area contributed by atoms with Crippen molar-refractivity contribution < 1.29 is 9.90 Å². The fourth-order valence-electron chi connectivity index (χ4n) is 2.72. The van der Waals surface area contributed by atoms with E-state index < -0.39 is 5.60 Å². The molecule has 0 aliphatic carbocycles. The van der Waals surface area contributed by atoms with Gasteiger partial charge in [0.15, 0.2) is 0 Å². The zero-order valence-electron chi connectivity index (χ0n) is 13.3. The molecule has 1 aliphatic rings. The predicted octanol–water partition coefficient (Wildman–Crippen LogP) is 1.68. The van der Waals surface area contributed by atoms with Gasteiger partial charge in [0, 0.05) is 13.1 Å². The van der Waals surface area contributed by atoms with Crippen LogP contribution >= 0.6 is 0 Å². The normalized spacial score (nSPS) is 18.5. The van der Waals surface area contributed by atoms with Crippen LogP contribution in [0.15, 0.2) is 30.3 Å². The molecule has 0 spiro atoms. The summed E-state index contributed by atoms with van der Waals surface area (Å²) in [5, 5.41) is 16.0. The van der Waals surface area contributed by atoms with Gasteiger partial charge in [0.1, 0.15) is 5.60 Å². The van der Waals surface area contributed by atoms with Crippen LogP contribution in [0, 0.1) is 0 Å². The zero-order chi connectivity index (χ0) is 15.8. The van der Waals surface area contributed by atoms with Gasteiger partial charge in [-0.2, -0.15) is 0 Å². The van der Waals surface area contributed by atoms with Crippen molar-refractivity contribution in [2.45, 2.75) is 31.8 Å². The second-order valence-corrected chi connectivity index (χ2v) is 6.15. The lowest BCUT2D eigenvalue weighted by molar-refractivity contribution is 0.0593. The summed E-state index contributed by atoms with van der Waals surface area (Å²) in [6.07, 6.45) is 3.83. The van der Waals surface area contributed by atoms with E-state index in [1.54, 1.807) is 6.92 Å². The number of benzene rings is 1. The van der Waals surface area contributed by atoms with Gasteiger partial charge in [-0.1, -0.05) is 36.8 Å². The molecule has 2 rings (SSSR count). The Morgan fingerprint density at radius 3 is 2.55 bits per heavy atom. The second kappa shape index (κ2) is 8.15. The molecule has 5 heteroatoms. The van der Waals surface area contributed by atoms with E-state index in [1.807, 2.05) is 30.3 Å². The molecular formula is C17H27N3O2. The number of likely N-dealkylation sites (tertiary alicyclic amines) is 1. The van der Waals surface area contributed by atoms with Crippen LogP contribution in [0.1, 0.15) is 31.7 Å². The third kappa shape index (κ3) is 5.31. The van der Waals surface area contributed by atoms with Gasteiger partial charge in [0.05, 0.1) is 6.54 Å². The Morgan fingerprint density at radius 2 is 1.86 bits per heavy atom. The number of rotatable bonds is 6. The van der Waals surface area contributed by atoms with Gasteiger partial charge in [0.2, 0.25) is 0 Å². The molecule has 1 fully saturated rings. The Hall–Kier alpha value is -1.59. The first-order valence-electron chi connectivity index (χ1n) is 8.10. The maximum absolute atomic E-state index is 11.8. The number of nitrogens with zero attached hydrogens (tertiary/aromatic N) is 1. The highest BCUT2D eigenvalue weighted by Gasteiger charge is 2.23. The van der Waals surface area contributed by atoms with E-state index >= 15 is 0 Å². The largest absolute Gasteiger partial charge is 0.384 e. The number of carbonyl (C=O) groups excluding carboxylic acids is 1. The number of hydrogen-bond acceptors (Lipinski definition) is 3. The van der Waals surface area contributed by atoms with Crippen LogP contribution in [-0.2, 0) is 5.60 Å². The van der Waals surface area contributed by atoms with Crippen molar-refractivity contribution in [2.24, 2.45) is 0 Å². The minimum absolute atomic E-state index is 0.187. The average molecular weight is 305 g/mol. The van der Waals surface area contributed by atoms with Crippen LogP contribution in [0.2, 0.25) is 0 Å². The van der Waals surface area contributed by atoms with Crippen molar-refractivity contribution in [1.29, 1.82) is 0 Å². The average Bonchev–Trinajstić information content (AvgIpc) is 2.55. The first kappa shape index (κ1) is 16.8. The van der Waals surface area contributed by atoms with Gasteiger partial charge in [-0.15, -0.1) is 0 Å². The summed E-state index contributed by atoms with van der Waals surface area (Å²) in [6.45, 7) is 5.68. The zero-order valence-corrected chi connectivity index (χ0v) is 13.3. The third-order valence-electron chi connectivity index (χ3n) is 4.15. The lowest BCUT2D eigenvalue weighted by atomic mass is 9.96. The number of hydrogen-bond donors (Lipinski definition) is 3. The summed E-state index contributed by atoms with van der Waals surface area (Å²) >= 11 is 0. The molecule has 0 radical (unpaired) electrons. The van der Waals surface area contributed by atoms with Crippen molar-refractivity contribution in [3.8, 4) is 0 Å². The highest BCUT2D eigenvalue weighted by Crippen LogP contribution is 2.18. The summed E-state index contributed by atoms with van der Waals surface area (Å²) in [4.78, 5) is 14.2. The van der Waals surface area contributed by atoms with Crippen LogP contribution in [0.25, 0.3) is 0 Å². The second-order valence-electron chi connectivity index (χ2n) is 6.15. The lowest BCUT2D eigenvalue weighted by Gasteiger charge is -2.27. The predicted molar refractivity (Wildman–Crippen MR) is 87.7 cm³/mol. The third-order valence-corrected chi connectivity index (χ3v) is 4.15. The molecule has 3 N–H and O–H groups in total. The minimum atomic E-state index is -1.06. The molecule has 0 saturated carbocycles. The molecule has 0 aromatic heterocycles. The molecule has 1 aromatic carbocycles. The fraction of sp³-hybridized carbons (Fsp3) is 0.588. The number of aliphatic hydroxyl groups is 1. The van der Waals surface area contributed by atoms with E-state index in [4.69, 9.17) is 0 Å². The maximum atomic E-state index is 11.8. The van der Waals surface area contributed by atoms with Crippen LogP contribution < -0.4 is 10.6 Å².